The molecule has 0 amide bonds. The molecule has 2 aromatic carbocycles. The SMILES string of the molecule is C=C1CC2C(CCc3ccc4c(oc5nc(C)ccc54)c3/C(C=C(C)C)=N\1)c1ccccc1-c1cc(C(C)C)c([Si](C)(C)C)c[n+]12. The average molecular weight is 625 g/mol. The van der Waals surface area contributed by atoms with Crippen LogP contribution in [0.4, 0.5) is 0 Å². The fourth-order valence-corrected chi connectivity index (χ4v) is 9.52. The lowest BCUT2D eigenvalue weighted by Gasteiger charge is -2.33. The maximum Gasteiger partial charge on any atom is 0.227 e. The Kier molecular flexibility index (Phi) is 7.51. The van der Waals surface area contributed by atoms with Crippen LogP contribution in [0.2, 0.25) is 19.6 Å². The van der Waals surface area contributed by atoms with Gasteiger partial charge in [-0.3, -0.25) is 4.99 Å². The van der Waals surface area contributed by atoms with Crippen LogP contribution in [0.25, 0.3) is 33.3 Å². The predicted molar refractivity (Wildman–Crippen MR) is 195 cm³/mol. The molecule has 234 valence electrons. The van der Waals surface area contributed by atoms with Crippen molar-refractivity contribution in [3.05, 3.63) is 113 Å². The molecular weight excluding hydrogens is 579 g/mol. The Morgan fingerprint density at radius 1 is 1.04 bits per heavy atom. The zero-order chi connectivity index (χ0) is 32.5. The average Bonchev–Trinajstić information content (AvgIpc) is 3.36. The van der Waals surface area contributed by atoms with Gasteiger partial charge in [0.25, 0.3) is 0 Å². The number of rotatable bonds is 3. The fraction of sp³-hybridized carbons (Fsp3) is 0.341. The van der Waals surface area contributed by atoms with Crippen LogP contribution in [0.5, 0.6) is 0 Å². The Bertz CT molecular complexity index is 2100. The number of furan rings is 1. The van der Waals surface area contributed by atoms with Crippen molar-refractivity contribution in [2.24, 2.45) is 4.99 Å². The van der Waals surface area contributed by atoms with Crippen molar-refractivity contribution in [2.75, 3.05) is 0 Å². The highest BCUT2D eigenvalue weighted by Crippen LogP contribution is 2.45. The normalized spacial score (nSPS) is 19.2. The highest BCUT2D eigenvalue weighted by Gasteiger charge is 2.42. The largest absolute Gasteiger partial charge is 0.437 e. The smallest absolute Gasteiger partial charge is 0.227 e. The van der Waals surface area contributed by atoms with Crippen molar-refractivity contribution in [3.63, 3.8) is 0 Å². The third-order valence-corrected chi connectivity index (χ3v) is 11.9. The first-order valence-electron chi connectivity index (χ1n) is 16.8. The van der Waals surface area contributed by atoms with E-state index in [1.807, 2.05) is 6.92 Å². The number of aryl methyl sites for hydroxylation is 2. The molecule has 0 aliphatic carbocycles. The van der Waals surface area contributed by atoms with Gasteiger partial charge in [0.05, 0.1) is 20.2 Å². The molecule has 0 saturated heterocycles. The zero-order valence-corrected chi connectivity index (χ0v) is 29.7. The van der Waals surface area contributed by atoms with E-state index >= 15 is 0 Å². The minimum absolute atomic E-state index is 0.231. The van der Waals surface area contributed by atoms with Gasteiger partial charge in [-0.1, -0.05) is 76.0 Å². The molecule has 5 aromatic rings. The highest BCUT2D eigenvalue weighted by molar-refractivity contribution is 6.89. The standard InChI is InChI=1S/C41H46N3OSi/c1-24(2)20-35-39-28(16-19-32-33-17-14-26(5)43-41(33)45-40(32)39)15-18-31-29-12-10-11-13-30(29)37-22-34(25(3)4)38(46(7,8)9)23-44(37)36(31)21-27(6)42-35/h10-14,16-17,19-20,22-23,25,31,36H,6,15,18,21H2,1-5,7-9H3/q+1/b42-35-. The zero-order valence-electron chi connectivity index (χ0n) is 28.7. The van der Waals surface area contributed by atoms with E-state index in [0.29, 0.717) is 17.5 Å². The van der Waals surface area contributed by atoms with E-state index in [1.54, 1.807) is 5.19 Å². The van der Waals surface area contributed by atoms with E-state index < -0.39 is 8.07 Å². The summed E-state index contributed by atoms with van der Waals surface area (Å²) in [5.74, 6) is 0.798. The maximum atomic E-state index is 6.58. The number of benzene rings is 2. The fourth-order valence-electron chi connectivity index (χ4n) is 7.77. The molecule has 0 spiro atoms. The van der Waals surface area contributed by atoms with Crippen molar-refractivity contribution >= 4 is 41.0 Å². The second-order valence-electron chi connectivity index (χ2n) is 15.0. The van der Waals surface area contributed by atoms with E-state index in [-0.39, 0.29) is 6.04 Å². The summed E-state index contributed by atoms with van der Waals surface area (Å²) >= 11 is 0. The summed E-state index contributed by atoms with van der Waals surface area (Å²) in [6.07, 6.45) is 7.46. The van der Waals surface area contributed by atoms with Crippen molar-refractivity contribution in [3.8, 4) is 11.3 Å². The van der Waals surface area contributed by atoms with Crippen molar-refractivity contribution < 1.29 is 8.98 Å². The summed E-state index contributed by atoms with van der Waals surface area (Å²) in [4.78, 5) is 10.1. The van der Waals surface area contributed by atoms with Crippen LogP contribution < -0.4 is 9.75 Å². The second kappa shape index (κ2) is 11.3. The number of hydrogen-bond donors (Lipinski definition) is 0. The molecule has 0 saturated carbocycles. The number of allylic oxidation sites excluding steroid dienone is 3. The first kappa shape index (κ1) is 30.6. The summed E-state index contributed by atoms with van der Waals surface area (Å²) in [5.41, 5.74) is 13.5. The summed E-state index contributed by atoms with van der Waals surface area (Å²) in [5, 5.41) is 3.69. The van der Waals surface area contributed by atoms with Gasteiger partial charge in [-0.15, -0.1) is 0 Å². The molecule has 5 heterocycles. The van der Waals surface area contributed by atoms with E-state index in [0.717, 1.165) is 58.3 Å². The molecule has 2 aliphatic rings. The first-order valence-corrected chi connectivity index (χ1v) is 20.3. The van der Waals surface area contributed by atoms with Crippen LogP contribution in [-0.4, -0.2) is 18.8 Å². The number of aliphatic imine (C=N–C) groups is 1. The Morgan fingerprint density at radius 2 is 1.80 bits per heavy atom. The van der Waals surface area contributed by atoms with E-state index in [9.17, 15) is 0 Å². The van der Waals surface area contributed by atoms with Gasteiger partial charge in [0.1, 0.15) is 5.58 Å². The van der Waals surface area contributed by atoms with Gasteiger partial charge in [-0.2, -0.15) is 4.57 Å². The van der Waals surface area contributed by atoms with E-state index in [1.165, 1.54) is 33.5 Å². The number of hydrogen-bond acceptors (Lipinski definition) is 3. The number of aromatic nitrogens is 2. The summed E-state index contributed by atoms with van der Waals surface area (Å²) in [6.45, 7) is 23.0. The van der Waals surface area contributed by atoms with Crippen molar-refractivity contribution in [2.45, 2.75) is 91.4 Å². The highest BCUT2D eigenvalue weighted by atomic mass is 28.3. The van der Waals surface area contributed by atoms with Gasteiger partial charge in [0.15, 0.2) is 12.2 Å². The minimum Gasteiger partial charge on any atom is -0.437 e. The quantitative estimate of drug-likeness (QED) is 0.148. The van der Waals surface area contributed by atoms with Crippen LogP contribution in [0.1, 0.15) is 86.4 Å². The number of pyridine rings is 2. The summed E-state index contributed by atoms with van der Waals surface area (Å²) in [7, 11) is -1.62. The first-order chi connectivity index (χ1) is 21.9. The third-order valence-electron chi connectivity index (χ3n) is 9.90. The van der Waals surface area contributed by atoms with Crippen LogP contribution in [-0.2, 0) is 6.42 Å². The van der Waals surface area contributed by atoms with Crippen LogP contribution in [0, 0.1) is 6.92 Å². The molecule has 5 heteroatoms. The van der Waals surface area contributed by atoms with E-state index in [4.69, 9.17) is 14.4 Å². The lowest BCUT2D eigenvalue weighted by molar-refractivity contribution is -0.717. The second-order valence-corrected chi connectivity index (χ2v) is 20.1. The molecule has 3 aromatic heterocycles. The van der Waals surface area contributed by atoms with Crippen LogP contribution >= 0.6 is 0 Å². The molecule has 0 fully saturated rings. The van der Waals surface area contributed by atoms with Gasteiger partial charge in [0.2, 0.25) is 11.4 Å². The monoisotopic (exact) mass is 624 g/mol. The van der Waals surface area contributed by atoms with Gasteiger partial charge in [-0.05, 0) is 80.5 Å². The molecule has 2 atom stereocenters. The Balaban J connectivity index is 1.46. The molecule has 7 rings (SSSR count). The molecule has 0 bridgehead atoms. The van der Waals surface area contributed by atoms with Crippen LogP contribution in [0.3, 0.4) is 0 Å². The molecule has 0 radical (unpaired) electrons. The van der Waals surface area contributed by atoms with Gasteiger partial charge in [0, 0.05) is 50.5 Å². The van der Waals surface area contributed by atoms with E-state index in [2.05, 4.69) is 125 Å². The van der Waals surface area contributed by atoms with Crippen LogP contribution in [0.15, 0.2) is 94.1 Å². The van der Waals surface area contributed by atoms with Gasteiger partial charge in [-0.25, -0.2) is 4.98 Å². The Labute approximate surface area is 274 Å². The Hall–Kier alpha value is -4.09. The van der Waals surface area contributed by atoms with Crippen molar-refractivity contribution in [1.82, 2.24) is 4.98 Å². The lowest BCUT2D eigenvalue weighted by atomic mass is 9.77. The Morgan fingerprint density at radius 3 is 2.54 bits per heavy atom. The molecule has 46 heavy (non-hydrogen) atoms. The lowest BCUT2D eigenvalue weighted by Crippen LogP contribution is -2.54. The molecular formula is C41H46N3OSi+. The van der Waals surface area contributed by atoms with Gasteiger partial charge >= 0.3 is 0 Å². The maximum absolute atomic E-state index is 6.58. The predicted octanol–water partition coefficient (Wildman–Crippen LogP) is 9.86. The van der Waals surface area contributed by atoms with Crippen molar-refractivity contribution in [1.29, 1.82) is 0 Å². The molecule has 2 aliphatic heterocycles. The van der Waals surface area contributed by atoms with Gasteiger partial charge < -0.3 is 4.42 Å². The topological polar surface area (TPSA) is 42.3 Å². The third kappa shape index (κ3) is 5.19. The summed E-state index contributed by atoms with van der Waals surface area (Å²) in [6, 6.07) is 20.6. The number of fused-ring (bicyclic) bond motifs is 11. The molecule has 4 nitrogen and oxygen atoms in total. The minimum atomic E-state index is -1.62. The molecule has 2 unspecified atom stereocenters. The molecule has 0 N–H and O–H groups in total. The summed E-state index contributed by atoms with van der Waals surface area (Å²) < 4.78 is 9.20. The number of nitrogens with zero attached hydrogens (tertiary/aromatic N) is 3.